The molecule has 0 saturated heterocycles. The molecule has 0 bridgehead atoms. The van der Waals surface area contributed by atoms with E-state index in [0.717, 1.165) is 49.5 Å². The highest BCUT2D eigenvalue weighted by Gasteiger charge is 2.27. The SMILES string of the molecule is [2H]c1cc(-c2c(C)c(C)cc3c2oc2ccccc23)[n+](C)c2cc([Si](C)(C)C)c(F)cc12. The summed E-state index contributed by atoms with van der Waals surface area (Å²) in [5.41, 5.74) is 6.75. The first-order valence-electron chi connectivity index (χ1n) is 11.1. The van der Waals surface area contributed by atoms with Gasteiger partial charge in [0.1, 0.15) is 24.0 Å². The largest absolute Gasteiger partial charge is 0.455 e. The summed E-state index contributed by atoms with van der Waals surface area (Å²) in [6, 6.07) is 15.9. The zero-order chi connectivity index (χ0) is 22.9. The van der Waals surface area contributed by atoms with Gasteiger partial charge >= 0.3 is 0 Å². The van der Waals surface area contributed by atoms with Crippen LogP contribution in [0.15, 0.2) is 59.0 Å². The van der Waals surface area contributed by atoms with Gasteiger partial charge in [-0.2, -0.15) is 4.57 Å². The van der Waals surface area contributed by atoms with Crippen LogP contribution in [0.2, 0.25) is 19.6 Å². The number of furan rings is 1. The fourth-order valence-corrected chi connectivity index (χ4v) is 5.90. The van der Waals surface area contributed by atoms with Crippen LogP contribution in [0.3, 0.4) is 0 Å². The van der Waals surface area contributed by atoms with Crippen LogP contribution in [0, 0.1) is 19.7 Å². The van der Waals surface area contributed by atoms with Gasteiger partial charge in [-0.05, 0) is 54.4 Å². The van der Waals surface area contributed by atoms with Crippen LogP contribution in [0.25, 0.3) is 44.1 Å². The molecule has 2 aromatic heterocycles. The summed E-state index contributed by atoms with van der Waals surface area (Å²) < 4.78 is 32.1. The minimum Gasteiger partial charge on any atom is -0.455 e. The van der Waals surface area contributed by atoms with Gasteiger partial charge in [0.15, 0.2) is 0 Å². The second kappa shape index (κ2) is 6.76. The molecule has 2 heterocycles. The van der Waals surface area contributed by atoms with Crippen LogP contribution >= 0.6 is 0 Å². The van der Waals surface area contributed by atoms with Crippen molar-refractivity contribution < 1.29 is 14.7 Å². The fraction of sp³-hybridized carbons (Fsp3) is 0.222. The minimum absolute atomic E-state index is 0.204. The monoisotopic (exact) mass is 429 g/mol. The Kier molecular flexibility index (Phi) is 4.09. The molecule has 2 nitrogen and oxygen atoms in total. The molecule has 31 heavy (non-hydrogen) atoms. The zero-order valence-corrected chi connectivity index (χ0v) is 19.9. The zero-order valence-electron chi connectivity index (χ0n) is 19.9. The van der Waals surface area contributed by atoms with Crippen molar-refractivity contribution in [3.05, 3.63) is 71.5 Å². The highest BCUT2D eigenvalue weighted by Crippen LogP contribution is 2.38. The van der Waals surface area contributed by atoms with Crippen molar-refractivity contribution in [1.29, 1.82) is 0 Å². The Morgan fingerprint density at radius 3 is 2.48 bits per heavy atom. The standard InChI is InChI=1S/C27H27FNOSi/c1-16-13-20-19-9-7-8-10-24(19)30-27(20)26(17(16)2)22-12-11-18-14-21(28)25(31(4,5)6)15-23(18)29(22)3/h7-15H,1-6H3/q+1/i11D. The molecular formula is C27H27FNOSi+. The Morgan fingerprint density at radius 2 is 1.74 bits per heavy atom. The van der Waals surface area contributed by atoms with Crippen LogP contribution in [-0.4, -0.2) is 8.07 Å². The van der Waals surface area contributed by atoms with Crippen molar-refractivity contribution in [2.24, 2.45) is 7.05 Å². The third-order valence-electron chi connectivity index (χ3n) is 6.42. The molecule has 0 aliphatic carbocycles. The maximum absolute atomic E-state index is 14.9. The molecule has 0 atom stereocenters. The molecule has 0 radical (unpaired) electrons. The predicted octanol–water partition coefficient (Wildman–Crippen LogP) is 6.53. The Bertz CT molecular complexity index is 1560. The van der Waals surface area contributed by atoms with Crippen LogP contribution in [0.4, 0.5) is 4.39 Å². The van der Waals surface area contributed by atoms with Gasteiger partial charge in [0.25, 0.3) is 0 Å². The molecule has 0 unspecified atom stereocenters. The van der Waals surface area contributed by atoms with E-state index in [0.29, 0.717) is 11.4 Å². The van der Waals surface area contributed by atoms with E-state index in [4.69, 9.17) is 5.79 Å². The number of pyridine rings is 1. The van der Waals surface area contributed by atoms with Gasteiger partial charge in [0, 0.05) is 28.3 Å². The topological polar surface area (TPSA) is 17.0 Å². The summed E-state index contributed by atoms with van der Waals surface area (Å²) in [7, 11) is 0.113. The van der Waals surface area contributed by atoms with Crippen LogP contribution < -0.4 is 9.75 Å². The molecule has 4 heteroatoms. The van der Waals surface area contributed by atoms with Gasteiger partial charge in [0.05, 0.1) is 15.0 Å². The van der Waals surface area contributed by atoms with Gasteiger partial charge in [-0.15, -0.1) is 0 Å². The molecule has 0 aliphatic heterocycles. The Labute approximate surface area is 184 Å². The summed E-state index contributed by atoms with van der Waals surface area (Å²) in [6.45, 7) is 10.6. The smallest absolute Gasteiger partial charge is 0.216 e. The lowest BCUT2D eigenvalue weighted by Gasteiger charge is -2.18. The molecule has 5 aromatic rings. The molecule has 3 aromatic carbocycles. The maximum atomic E-state index is 14.9. The van der Waals surface area contributed by atoms with Crippen molar-refractivity contribution in [3.63, 3.8) is 0 Å². The summed E-state index contributed by atoms with van der Waals surface area (Å²) in [6.07, 6.45) is 0. The van der Waals surface area contributed by atoms with E-state index in [9.17, 15) is 4.39 Å². The van der Waals surface area contributed by atoms with E-state index >= 15 is 0 Å². The van der Waals surface area contributed by atoms with E-state index in [2.05, 4.69) is 50.2 Å². The van der Waals surface area contributed by atoms with Crippen LogP contribution in [0.5, 0.6) is 0 Å². The summed E-state index contributed by atoms with van der Waals surface area (Å²) in [4.78, 5) is 0. The fourth-order valence-electron chi connectivity index (χ4n) is 4.54. The van der Waals surface area contributed by atoms with Crippen LogP contribution in [0.1, 0.15) is 12.5 Å². The lowest BCUT2D eigenvalue weighted by Crippen LogP contribution is -2.42. The van der Waals surface area contributed by atoms with Crippen molar-refractivity contribution in [1.82, 2.24) is 0 Å². The minimum atomic E-state index is -1.89. The van der Waals surface area contributed by atoms with E-state index in [1.807, 2.05) is 37.4 Å². The normalized spacial score (nSPS) is 12.8. The first-order chi connectivity index (χ1) is 15.1. The average molecular weight is 430 g/mol. The second-order valence-corrected chi connectivity index (χ2v) is 14.5. The number of nitrogens with zero attached hydrogens (tertiary/aromatic N) is 1. The van der Waals surface area contributed by atoms with E-state index in [-0.39, 0.29) is 5.82 Å². The number of rotatable bonds is 2. The summed E-state index contributed by atoms with van der Waals surface area (Å²) in [5.74, 6) is -0.204. The molecule has 0 amide bonds. The first kappa shape index (κ1) is 18.8. The number of hydrogen-bond donors (Lipinski definition) is 0. The van der Waals surface area contributed by atoms with Crippen molar-refractivity contribution in [2.75, 3.05) is 0 Å². The molecular weight excluding hydrogens is 401 g/mol. The molecule has 0 aliphatic rings. The Hall–Kier alpha value is -2.98. The van der Waals surface area contributed by atoms with Gasteiger partial charge in [-0.3, -0.25) is 0 Å². The summed E-state index contributed by atoms with van der Waals surface area (Å²) in [5, 5.41) is 3.57. The Morgan fingerprint density at radius 1 is 1.00 bits per heavy atom. The number of fused-ring (bicyclic) bond motifs is 4. The van der Waals surface area contributed by atoms with Crippen molar-refractivity contribution in [3.8, 4) is 11.3 Å². The van der Waals surface area contributed by atoms with Gasteiger partial charge in [-0.1, -0.05) is 37.8 Å². The summed E-state index contributed by atoms with van der Waals surface area (Å²) >= 11 is 0. The first-order valence-corrected chi connectivity index (χ1v) is 14.1. The van der Waals surface area contributed by atoms with Gasteiger partial charge in [0.2, 0.25) is 11.2 Å². The lowest BCUT2D eigenvalue weighted by atomic mass is 9.96. The maximum Gasteiger partial charge on any atom is 0.216 e. The molecule has 5 rings (SSSR count). The molecule has 0 spiro atoms. The Balaban J connectivity index is 1.92. The number of benzene rings is 3. The van der Waals surface area contributed by atoms with Crippen LogP contribution in [-0.2, 0) is 7.05 Å². The molecule has 156 valence electrons. The van der Waals surface area contributed by atoms with Gasteiger partial charge in [-0.25, -0.2) is 4.39 Å². The van der Waals surface area contributed by atoms with E-state index < -0.39 is 8.07 Å². The van der Waals surface area contributed by atoms with E-state index in [1.54, 1.807) is 0 Å². The molecule has 0 saturated carbocycles. The third kappa shape index (κ3) is 3.00. The number of halogens is 1. The number of aryl methyl sites for hydroxylation is 2. The molecule has 0 fully saturated rings. The highest BCUT2D eigenvalue weighted by atomic mass is 28.3. The highest BCUT2D eigenvalue weighted by molar-refractivity contribution is 6.88. The number of aromatic nitrogens is 1. The molecule has 0 N–H and O–H groups in total. The third-order valence-corrected chi connectivity index (χ3v) is 8.42. The average Bonchev–Trinajstić information content (AvgIpc) is 3.09. The van der Waals surface area contributed by atoms with Crippen molar-refractivity contribution in [2.45, 2.75) is 33.5 Å². The van der Waals surface area contributed by atoms with Crippen molar-refractivity contribution >= 4 is 46.1 Å². The lowest BCUT2D eigenvalue weighted by molar-refractivity contribution is -0.633. The quantitative estimate of drug-likeness (QED) is 0.230. The number of para-hydroxylation sites is 1. The second-order valence-electron chi connectivity index (χ2n) is 9.50. The van der Waals surface area contributed by atoms with E-state index in [1.165, 1.54) is 11.6 Å². The number of hydrogen-bond acceptors (Lipinski definition) is 1. The van der Waals surface area contributed by atoms with Gasteiger partial charge < -0.3 is 4.42 Å². The predicted molar refractivity (Wildman–Crippen MR) is 130 cm³/mol.